The molecule has 3 nitrogen and oxygen atoms in total. The molecule has 0 aromatic heterocycles. The lowest BCUT2D eigenvalue weighted by molar-refractivity contribution is -0.154. The summed E-state index contributed by atoms with van der Waals surface area (Å²) in [4.78, 5) is 23.3. The summed E-state index contributed by atoms with van der Waals surface area (Å²) in [7, 11) is 0. The van der Waals surface area contributed by atoms with Crippen molar-refractivity contribution >= 4 is 11.8 Å². The first kappa shape index (κ1) is 17.9. The van der Waals surface area contributed by atoms with Crippen LogP contribution in [0, 0.1) is 11.8 Å². The van der Waals surface area contributed by atoms with Crippen molar-refractivity contribution in [1.82, 2.24) is 0 Å². The number of Topliss-reactive ketones (excluding diaryl/α,β-unsaturated/α-hetero) is 1. The molecular weight excluding hydrogens is 261 g/mol. The number of hydrogen-bond donors (Lipinski definition) is 0. The fraction of sp³-hybridized carbons (Fsp3) is 0.846. The maximum atomic E-state index is 12.2. The first-order valence-electron chi connectivity index (χ1n) is 6.33. The van der Waals surface area contributed by atoms with Crippen molar-refractivity contribution in [3.05, 3.63) is 0 Å². The van der Waals surface area contributed by atoms with E-state index in [9.17, 15) is 22.8 Å². The number of esters is 1. The summed E-state index contributed by atoms with van der Waals surface area (Å²) in [6.07, 6.45) is -6.38. The molecule has 0 aliphatic heterocycles. The maximum absolute atomic E-state index is 12.2. The van der Waals surface area contributed by atoms with Crippen LogP contribution in [-0.4, -0.2) is 24.0 Å². The zero-order valence-electron chi connectivity index (χ0n) is 11.7. The van der Waals surface area contributed by atoms with E-state index in [1.54, 1.807) is 27.7 Å². The molecule has 6 heteroatoms. The standard InChI is InChI=1S/C13H21F3O3/c1-8(2)12(18)10(5-6-13(14,15)16)7-11(17)19-9(3)4/h8-10H,5-7H2,1-4H3. The van der Waals surface area contributed by atoms with Gasteiger partial charge in [0, 0.05) is 18.3 Å². The number of carbonyl (C=O) groups is 2. The average molecular weight is 282 g/mol. The zero-order valence-corrected chi connectivity index (χ0v) is 11.7. The van der Waals surface area contributed by atoms with Crippen molar-refractivity contribution < 1.29 is 27.5 Å². The van der Waals surface area contributed by atoms with E-state index in [1.165, 1.54) is 0 Å². The topological polar surface area (TPSA) is 43.4 Å². The van der Waals surface area contributed by atoms with Gasteiger partial charge in [0.15, 0.2) is 0 Å². The van der Waals surface area contributed by atoms with Gasteiger partial charge in [-0.1, -0.05) is 13.8 Å². The number of carbonyl (C=O) groups excluding carboxylic acids is 2. The predicted octanol–water partition coefficient (Wildman–Crippen LogP) is 3.51. The molecule has 0 amide bonds. The molecule has 0 spiro atoms. The number of hydrogen-bond acceptors (Lipinski definition) is 3. The summed E-state index contributed by atoms with van der Waals surface area (Å²) in [6, 6.07) is 0. The van der Waals surface area contributed by atoms with Crippen LogP contribution in [0.1, 0.15) is 47.0 Å². The minimum atomic E-state index is -4.32. The molecule has 0 radical (unpaired) electrons. The SMILES string of the molecule is CC(C)OC(=O)CC(CCC(F)(F)F)C(=O)C(C)C. The molecule has 0 aliphatic rings. The van der Waals surface area contributed by atoms with Crippen LogP contribution in [0.4, 0.5) is 13.2 Å². The molecule has 0 bridgehead atoms. The van der Waals surface area contributed by atoms with Crippen LogP contribution >= 0.6 is 0 Å². The van der Waals surface area contributed by atoms with Crippen molar-refractivity contribution in [2.75, 3.05) is 0 Å². The van der Waals surface area contributed by atoms with Crippen LogP contribution in [0.5, 0.6) is 0 Å². The molecule has 19 heavy (non-hydrogen) atoms. The van der Waals surface area contributed by atoms with E-state index in [1.807, 2.05) is 0 Å². The van der Waals surface area contributed by atoms with Gasteiger partial charge in [-0.2, -0.15) is 13.2 Å². The van der Waals surface area contributed by atoms with E-state index in [2.05, 4.69) is 0 Å². The maximum Gasteiger partial charge on any atom is 0.389 e. The molecule has 0 N–H and O–H groups in total. The van der Waals surface area contributed by atoms with E-state index >= 15 is 0 Å². The van der Waals surface area contributed by atoms with Gasteiger partial charge in [0.05, 0.1) is 12.5 Å². The summed E-state index contributed by atoms with van der Waals surface area (Å²) in [5.74, 6) is -2.28. The first-order chi connectivity index (χ1) is 8.53. The van der Waals surface area contributed by atoms with Gasteiger partial charge < -0.3 is 4.74 Å². The van der Waals surface area contributed by atoms with Crippen LogP contribution in [0.25, 0.3) is 0 Å². The molecular formula is C13H21F3O3. The minimum Gasteiger partial charge on any atom is -0.463 e. The number of alkyl halides is 3. The summed E-state index contributed by atoms with van der Waals surface area (Å²) in [5.41, 5.74) is 0. The lowest BCUT2D eigenvalue weighted by Gasteiger charge is -2.18. The Morgan fingerprint density at radius 3 is 2.00 bits per heavy atom. The number of ether oxygens (including phenoxy) is 1. The second-order valence-electron chi connectivity index (χ2n) is 5.15. The number of ketones is 1. The Morgan fingerprint density at radius 1 is 1.11 bits per heavy atom. The van der Waals surface area contributed by atoms with Gasteiger partial charge in [-0.3, -0.25) is 9.59 Å². The summed E-state index contributed by atoms with van der Waals surface area (Å²) >= 11 is 0. The molecule has 0 saturated heterocycles. The van der Waals surface area contributed by atoms with Gasteiger partial charge in [-0.05, 0) is 20.3 Å². The highest BCUT2D eigenvalue weighted by atomic mass is 19.4. The van der Waals surface area contributed by atoms with Crippen molar-refractivity contribution in [2.45, 2.75) is 59.2 Å². The molecule has 0 saturated carbocycles. The highest BCUT2D eigenvalue weighted by molar-refractivity contribution is 5.86. The van der Waals surface area contributed by atoms with E-state index in [-0.39, 0.29) is 24.7 Å². The molecule has 0 heterocycles. The van der Waals surface area contributed by atoms with Gasteiger partial charge in [-0.25, -0.2) is 0 Å². The lowest BCUT2D eigenvalue weighted by Crippen LogP contribution is -2.26. The Balaban J connectivity index is 4.59. The third kappa shape index (κ3) is 8.61. The second kappa shape index (κ2) is 7.50. The molecule has 1 atom stereocenters. The van der Waals surface area contributed by atoms with Crippen LogP contribution in [0.3, 0.4) is 0 Å². The van der Waals surface area contributed by atoms with Gasteiger partial charge in [0.1, 0.15) is 5.78 Å². The summed E-state index contributed by atoms with van der Waals surface area (Å²) < 4.78 is 41.5. The molecule has 0 aromatic rings. The monoisotopic (exact) mass is 282 g/mol. The Kier molecular flexibility index (Phi) is 7.08. The molecule has 0 aromatic carbocycles. The first-order valence-corrected chi connectivity index (χ1v) is 6.33. The second-order valence-corrected chi connectivity index (χ2v) is 5.15. The fourth-order valence-electron chi connectivity index (χ4n) is 1.67. The number of halogens is 3. The molecule has 0 rings (SSSR count). The van der Waals surface area contributed by atoms with Crippen LogP contribution < -0.4 is 0 Å². The fourth-order valence-corrected chi connectivity index (χ4v) is 1.67. The van der Waals surface area contributed by atoms with Gasteiger partial charge in [0.2, 0.25) is 0 Å². The Labute approximate surface area is 111 Å². The summed E-state index contributed by atoms with van der Waals surface area (Å²) in [6.45, 7) is 6.51. The van der Waals surface area contributed by atoms with E-state index in [0.717, 1.165) is 0 Å². The van der Waals surface area contributed by atoms with Crippen molar-refractivity contribution in [1.29, 1.82) is 0 Å². The highest BCUT2D eigenvalue weighted by Gasteiger charge is 2.32. The molecule has 0 aliphatic carbocycles. The average Bonchev–Trinajstić information content (AvgIpc) is 2.20. The molecule has 1 unspecified atom stereocenters. The van der Waals surface area contributed by atoms with E-state index < -0.39 is 30.4 Å². The smallest absolute Gasteiger partial charge is 0.389 e. The Morgan fingerprint density at radius 2 is 1.63 bits per heavy atom. The largest absolute Gasteiger partial charge is 0.463 e. The van der Waals surface area contributed by atoms with Crippen molar-refractivity contribution in [3.8, 4) is 0 Å². The van der Waals surface area contributed by atoms with E-state index in [0.29, 0.717) is 0 Å². The van der Waals surface area contributed by atoms with Crippen molar-refractivity contribution in [2.24, 2.45) is 11.8 Å². The lowest BCUT2D eigenvalue weighted by atomic mass is 9.88. The van der Waals surface area contributed by atoms with Gasteiger partial charge >= 0.3 is 12.1 Å². The normalized spacial score (nSPS) is 13.7. The van der Waals surface area contributed by atoms with Crippen molar-refractivity contribution in [3.63, 3.8) is 0 Å². The third-order valence-electron chi connectivity index (χ3n) is 2.53. The third-order valence-corrected chi connectivity index (χ3v) is 2.53. The molecule has 0 fully saturated rings. The van der Waals surface area contributed by atoms with Crippen LogP contribution in [0.2, 0.25) is 0 Å². The van der Waals surface area contributed by atoms with Crippen LogP contribution in [0.15, 0.2) is 0 Å². The molecule has 112 valence electrons. The summed E-state index contributed by atoms with van der Waals surface area (Å²) in [5, 5.41) is 0. The van der Waals surface area contributed by atoms with Gasteiger partial charge in [-0.15, -0.1) is 0 Å². The Bertz CT molecular complexity index is 309. The Hall–Kier alpha value is -1.07. The minimum absolute atomic E-state index is 0.286. The van der Waals surface area contributed by atoms with E-state index in [4.69, 9.17) is 4.74 Å². The number of rotatable bonds is 7. The predicted molar refractivity (Wildman–Crippen MR) is 64.5 cm³/mol. The zero-order chi connectivity index (χ0) is 15.2. The van der Waals surface area contributed by atoms with Gasteiger partial charge in [0.25, 0.3) is 0 Å². The quantitative estimate of drug-likeness (QED) is 0.671. The van der Waals surface area contributed by atoms with Crippen LogP contribution in [-0.2, 0) is 14.3 Å². The highest BCUT2D eigenvalue weighted by Crippen LogP contribution is 2.27.